The van der Waals surface area contributed by atoms with Crippen LogP contribution in [0.3, 0.4) is 0 Å². The molecule has 1 aromatic carbocycles. The smallest absolute Gasteiger partial charge is 0.171 e. The third kappa shape index (κ3) is 4.20. The van der Waals surface area contributed by atoms with Crippen molar-refractivity contribution in [1.82, 2.24) is 15.5 Å². The summed E-state index contributed by atoms with van der Waals surface area (Å²) in [6, 6.07) is 7.96. The summed E-state index contributed by atoms with van der Waals surface area (Å²) in [5, 5.41) is 7.89. The zero-order chi connectivity index (χ0) is 13.8. The number of hydrogen-bond donors (Lipinski definition) is 2. The fourth-order valence-corrected chi connectivity index (χ4v) is 2.33. The van der Waals surface area contributed by atoms with Crippen molar-refractivity contribution in [3.05, 3.63) is 46.6 Å². The summed E-state index contributed by atoms with van der Waals surface area (Å²) in [4.78, 5) is 2.16. The Labute approximate surface area is 124 Å². The first-order chi connectivity index (χ1) is 9.04. The highest BCUT2D eigenvalue weighted by Crippen LogP contribution is 2.21. The highest BCUT2D eigenvalue weighted by molar-refractivity contribution is 7.80. The van der Waals surface area contributed by atoms with Crippen LogP contribution in [0.2, 0.25) is 5.02 Å². The standard InChI is InChI=1S/C14H18ClN3S/c1-18(2)8-7-12-9-13(17-14(19)16-12)10-3-5-11(15)6-4-10/h3-6,9,13H,7-8H2,1-2H3,(H2,16,17,19). The maximum atomic E-state index is 5.91. The molecule has 1 unspecified atom stereocenters. The summed E-state index contributed by atoms with van der Waals surface area (Å²) in [6.45, 7) is 0.995. The van der Waals surface area contributed by atoms with Gasteiger partial charge in [0.2, 0.25) is 0 Å². The predicted molar refractivity (Wildman–Crippen MR) is 84.3 cm³/mol. The summed E-state index contributed by atoms with van der Waals surface area (Å²) < 4.78 is 0. The molecule has 0 saturated carbocycles. The Morgan fingerprint density at radius 1 is 1.26 bits per heavy atom. The maximum Gasteiger partial charge on any atom is 0.171 e. The van der Waals surface area contributed by atoms with Crippen LogP contribution in [0.1, 0.15) is 18.0 Å². The van der Waals surface area contributed by atoms with Crippen molar-refractivity contribution in [2.75, 3.05) is 20.6 Å². The van der Waals surface area contributed by atoms with Gasteiger partial charge in [-0.1, -0.05) is 23.7 Å². The monoisotopic (exact) mass is 295 g/mol. The molecule has 2 N–H and O–H groups in total. The van der Waals surface area contributed by atoms with Crippen LogP contribution in [-0.2, 0) is 0 Å². The molecule has 0 bridgehead atoms. The van der Waals surface area contributed by atoms with Crippen LogP contribution in [0.15, 0.2) is 36.0 Å². The summed E-state index contributed by atoms with van der Waals surface area (Å²) in [6.07, 6.45) is 3.14. The van der Waals surface area contributed by atoms with E-state index in [1.807, 2.05) is 24.3 Å². The summed E-state index contributed by atoms with van der Waals surface area (Å²) in [7, 11) is 4.13. The van der Waals surface area contributed by atoms with Gasteiger partial charge in [0.05, 0.1) is 6.04 Å². The van der Waals surface area contributed by atoms with Crippen LogP contribution >= 0.6 is 23.8 Å². The normalized spacial score (nSPS) is 18.8. The van der Waals surface area contributed by atoms with E-state index in [-0.39, 0.29) is 6.04 Å². The summed E-state index contributed by atoms with van der Waals surface area (Å²) in [5.41, 5.74) is 2.33. The number of halogens is 1. The van der Waals surface area contributed by atoms with Crippen LogP contribution < -0.4 is 10.6 Å². The second kappa shape index (κ2) is 6.37. The van der Waals surface area contributed by atoms with E-state index in [1.165, 1.54) is 0 Å². The molecule has 0 fully saturated rings. The van der Waals surface area contributed by atoms with Crippen LogP contribution in [-0.4, -0.2) is 30.7 Å². The number of benzene rings is 1. The van der Waals surface area contributed by atoms with Gasteiger partial charge in [-0.15, -0.1) is 0 Å². The van der Waals surface area contributed by atoms with Gasteiger partial charge in [0, 0.05) is 23.7 Å². The minimum Gasteiger partial charge on any atom is -0.352 e. The number of rotatable bonds is 4. The van der Waals surface area contributed by atoms with Crippen LogP contribution in [0, 0.1) is 0 Å². The molecule has 1 aliphatic rings. The van der Waals surface area contributed by atoms with Crippen molar-refractivity contribution < 1.29 is 0 Å². The first-order valence-electron chi connectivity index (χ1n) is 6.23. The van der Waals surface area contributed by atoms with Crippen molar-refractivity contribution in [1.29, 1.82) is 0 Å². The second-order valence-corrected chi connectivity index (χ2v) is 5.72. The molecule has 0 amide bonds. The molecule has 0 aromatic heterocycles. The van der Waals surface area contributed by atoms with Crippen molar-refractivity contribution >= 4 is 28.9 Å². The fourth-order valence-electron chi connectivity index (χ4n) is 1.95. The Kier molecular flexibility index (Phi) is 4.80. The van der Waals surface area contributed by atoms with Crippen LogP contribution in [0.25, 0.3) is 0 Å². The van der Waals surface area contributed by atoms with Gasteiger partial charge in [0.1, 0.15) is 0 Å². The molecule has 2 rings (SSSR count). The highest BCUT2D eigenvalue weighted by atomic mass is 35.5. The molecular weight excluding hydrogens is 278 g/mol. The Balaban J connectivity index is 2.13. The molecule has 1 aromatic rings. The fraction of sp³-hybridized carbons (Fsp3) is 0.357. The Morgan fingerprint density at radius 2 is 1.95 bits per heavy atom. The molecule has 0 radical (unpaired) electrons. The molecule has 19 heavy (non-hydrogen) atoms. The number of nitrogens with zero attached hydrogens (tertiary/aromatic N) is 1. The van der Waals surface area contributed by atoms with Gasteiger partial charge >= 0.3 is 0 Å². The average molecular weight is 296 g/mol. The first-order valence-corrected chi connectivity index (χ1v) is 7.01. The predicted octanol–water partition coefficient (Wildman–Crippen LogP) is 2.69. The van der Waals surface area contributed by atoms with E-state index in [2.05, 4.69) is 35.7 Å². The van der Waals surface area contributed by atoms with Gasteiger partial charge in [0.15, 0.2) is 5.11 Å². The first kappa shape index (κ1) is 14.3. The Morgan fingerprint density at radius 3 is 2.58 bits per heavy atom. The van der Waals surface area contributed by atoms with E-state index in [0.29, 0.717) is 5.11 Å². The minimum atomic E-state index is 0.114. The Hall–Kier alpha value is -1.10. The molecule has 1 atom stereocenters. The lowest BCUT2D eigenvalue weighted by molar-refractivity contribution is 0.409. The third-order valence-electron chi connectivity index (χ3n) is 2.99. The van der Waals surface area contributed by atoms with Crippen LogP contribution in [0.4, 0.5) is 0 Å². The molecule has 102 valence electrons. The summed E-state index contributed by atoms with van der Waals surface area (Å²) in [5.74, 6) is 0. The molecule has 0 saturated heterocycles. The SMILES string of the molecule is CN(C)CCC1=CC(c2ccc(Cl)cc2)NC(=S)N1. The van der Waals surface area contributed by atoms with E-state index in [4.69, 9.17) is 23.8 Å². The molecule has 0 aliphatic carbocycles. The molecule has 0 spiro atoms. The molecule has 1 heterocycles. The van der Waals surface area contributed by atoms with E-state index >= 15 is 0 Å². The van der Waals surface area contributed by atoms with Gasteiger partial charge in [-0.3, -0.25) is 0 Å². The third-order valence-corrected chi connectivity index (χ3v) is 3.46. The van der Waals surface area contributed by atoms with Gasteiger partial charge in [-0.05, 0) is 50.1 Å². The average Bonchev–Trinajstić information content (AvgIpc) is 2.36. The van der Waals surface area contributed by atoms with Gasteiger partial charge in [0.25, 0.3) is 0 Å². The lowest BCUT2D eigenvalue weighted by Gasteiger charge is -2.26. The van der Waals surface area contributed by atoms with E-state index in [0.717, 1.165) is 29.2 Å². The van der Waals surface area contributed by atoms with E-state index in [1.54, 1.807) is 0 Å². The lowest BCUT2D eigenvalue weighted by atomic mass is 10.0. The molecule has 3 nitrogen and oxygen atoms in total. The van der Waals surface area contributed by atoms with Gasteiger partial charge < -0.3 is 15.5 Å². The van der Waals surface area contributed by atoms with Crippen LogP contribution in [0.5, 0.6) is 0 Å². The number of thiocarbonyl (C=S) groups is 1. The molecular formula is C14H18ClN3S. The molecule has 5 heteroatoms. The zero-order valence-electron chi connectivity index (χ0n) is 11.1. The van der Waals surface area contributed by atoms with Crippen molar-refractivity contribution in [2.45, 2.75) is 12.5 Å². The second-order valence-electron chi connectivity index (χ2n) is 4.87. The zero-order valence-corrected chi connectivity index (χ0v) is 12.7. The largest absolute Gasteiger partial charge is 0.352 e. The van der Waals surface area contributed by atoms with E-state index < -0.39 is 0 Å². The van der Waals surface area contributed by atoms with Crippen molar-refractivity contribution in [3.8, 4) is 0 Å². The lowest BCUT2D eigenvalue weighted by Crippen LogP contribution is -2.41. The minimum absolute atomic E-state index is 0.114. The van der Waals surface area contributed by atoms with Gasteiger partial charge in [-0.25, -0.2) is 0 Å². The number of nitrogens with one attached hydrogen (secondary N) is 2. The number of hydrogen-bond acceptors (Lipinski definition) is 2. The van der Waals surface area contributed by atoms with Gasteiger partial charge in [-0.2, -0.15) is 0 Å². The quantitative estimate of drug-likeness (QED) is 0.835. The van der Waals surface area contributed by atoms with Crippen molar-refractivity contribution in [2.24, 2.45) is 0 Å². The maximum absolute atomic E-state index is 5.91. The Bertz CT molecular complexity index is 482. The molecule has 1 aliphatic heterocycles. The van der Waals surface area contributed by atoms with E-state index in [9.17, 15) is 0 Å². The highest BCUT2D eigenvalue weighted by Gasteiger charge is 2.17. The van der Waals surface area contributed by atoms with Crippen molar-refractivity contribution in [3.63, 3.8) is 0 Å². The topological polar surface area (TPSA) is 27.3 Å². The summed E-state index contributed by atoms with van der Waals surface area (Å²) >= 11 is 11.2.